The van der Waals surface area contributed by atoms with Crippen LogP contribution >= 0.6 is 0 Å². The molecule has 0 unspecified atom stereocenters. The molecule has 0 fully saturated rings. The lowest BCUT2D eigenvalue weighted by atomic mass is 9.92. The predicted molar refractivity (Wildman–Crippen MR) is 246 cm³/mol. The van der Waals surface area contributed by atoms with Gasteiger partial charge in [0.15, 0.2) is 17.5 Å². The standard InChI is InChI=1S/C55H34N4/c1-3-16-36(17-4-1)46-34-50(59-48-31-30-37-19-10-12-26-42(37)51(48)47-32-39-22-7-8-23-40(39)33-49(47)59)43-27-13-14-28-44(43)52(46)55-57-53(38-20-5-2-6-21-38)56-54(58-55)45-29-15-24-35-18-9-11-25-41(35)45/h1-34H. The van der Waals surface area contributed by atoms with E-state index in [1.54, 1.807) is 0 Å². The first-order chi connectivity index (χ1) is 29.3. The molecule has 0 spiro atoms. The molecule has 0 aliphatic rings. The fraction of sp³-hybridized carbons (Fsp3) is 0. The topological polar surface area (TPSA) is 43.6 Å². The summed E-state index contributed by atoms with van der Waals surface area (Å²) in [5, 5.41) is 11.8. The van der Waals surface area contributed by atoms with Gasteiger partial charge in [-0.3, -0.25) is 0 Å². The highest BCUT2D eigenvalue weighted by molar-refractivity contribution is 6.24. The molecule has 10 aromatic carbocycles. The van der Waals surface area contributed by atoms with E-state index in [4.69, 9.17) is 15.0 Å². The maximum atomic E-state index is 5.42. The van der Waals surface area contributed by atoms with Gasteiger partial charge < -0.3 is 4.57 Å². The van der Waals surface area contributed by atoms with Gasteiger partial charge in [-0.05, 0) is 73.1 Å². The fourth-order valence-corrected chi connectivity index (χ4v) is 9.10. The van der Waals surface area contributed by atoms with Crippen molar-refractivity contribution in [2.75, 3.05) is 0 Å². The third-order valence-electron chi connectivity index (χ3n) is 11.8. The predicted octanol–water partition coefficient (Wildman–Crippen LogP) is 14.2. The molecular weight excluding hydrogens is 717 g/mol. The Morgan fingerprint density at radius 1 is 0.305 bits per heavy atom. The van der Waals surface area contributed by atoms with Crippen molar-refractivity contribution in [2.45, 2.75) is 0 Å². The highest BCUT2D eigenvalue weighted by atomic mass is 15.0. The molecule has 0 N–H and O–H groups in total. The van der Waals surface area contributed by atoms with Crippen molar-refractivity contribution in [3.8, 4) is 51.0 Å². The van der Waals surface area contributed by atoms with Gasteiger partial charge in [-0.1, -0.05) is 182 Å². The average molecular weight is 751 g/mol. The van der Waals surface area contributed by atoms with Crippen molar-refractivity contribution < 1.29 is 0 Å². The van der Waals surface area contributed by atoms with Crippen molar-refractivity contribution in [3.63, 3.8) is 0 Å². The van der Waals surface area contributed by atoms with Crippen molar-refractivity contribution >= 4 is 64.9 Å². The molecule has 0 bridgehead atoms. The molecule has 4 nitrogen and oxygen atoms in total. The molecule has 12 rings (SSSR count). The Kier molecular flexibility index (Phi) is 7.50. The average Bonchev–Trinajstić information content (AvgIpc) is 3.63. The molecule has 0 amide bonds. The first-order valence-electron chi connectivity index (χ1n) is 20.0. The Hall–Kier alpha value is -7.95. The highest BCUT2D eigenvalue weighted by Crippen LogP contribution is 2.45. The molecule has 0 aliphatic heterocycles. The zero-order valence-electron chi connectivity index (χ0n) is 31.9. The minimum absolute atomic E-state index is 0.627. The minimum Gasteiger partial charge on any atom is -0.309 e. The van der Waals surface area contributed by atoms with Crippen molar-refractivity contribution in [3.05, 3.63) is 206 Å². The van der Waals surface area contributed by atoms with Crippen molar-refractivity contribution in [1.82, 2.24) is 19.5 Å². The lowest BCUT2D eigenvalue weighted by Gasteiger charge is -2.19. The van der Waals surface area contributed by atoms with Crippen LogP contribution in [0.1, 0.15) is 0 Å². The zero-order valence-corrected chi connectivity index (χ0v) is 31.9. The summed E-state index contributed by atoms with van der Waals surface area (Å²) in [6, 6.07) is 73.5. The van der Waals surface area contributed by atoms with Gasteiger partial charge in [-0.2, -0.15) is 0 Å². The van der Waals surface area contributed by atoms with E-state index in [9.17, 15) is 0 Å². The van der Waals surface area contributed by atoms with Crippen LogP contribution in [0.15, 0.2) is 206 Å². The molecule has 2 aromatic heterocycles. The SMILES string of the molecule is c1ccc(-c2nc(-c3cccc4ccccc34)nc(-c3c(-c4ccccc4)cc(-n4c5cc6ccccc6cc5c5c6ccccc6ccc54)c4ccccc34)n2)cc1. The van der Waals surface area contributed by atoms with Crippen LogP contribution in [0.3, 0.4) is 0 Å². The van der Waals surface area contributed by atoms with Gasteiger partial charge in [-0.25, -0.2) is 15.0 Å². The Morgan fingerprint density at radius 3 is 1.63 bits per heavy atom. The number of rotatable bonds is 5. The number of hydrogen-bond acceptors (Lipinski definition) is 3. The smallest absolute Gasteiger partial charge is 0.165 e. The molecule has 0 atom stereocenters. The molecule has 59 heavy (non-hydrogen) atoms. The van der Waals surface area contributed by atoms with Gasteiger partial charge in [0.2, 0.25) is 0 Å². The first-order valence-corrected chi connectivity index (χ1v) is 20.0. The van der Waals surface area contributed by atoms with E-state index < -0.39 is 0 Å². The van der Waals surface area contributed by atoms with Crippen LogP contribution in [-0.4, -0.2) is 19.5 Å². The van der Waals surface area contributed by atoms with Gasteiger partial charge in [0.25, 0.3) is 0 Å². The van der Waals surface area contributed by atoms with Crippen molar-refractivity contribution in [2.24, 2.45) is 0 Å². The molecule has 0 saturated heterocycles. The Morgan fingerprint density at radius 2 is 0.864 bits per heavy atom. The lowest BCUT2D eigenvalue weighted by Crippen LogP contribution is -2.04. The van der Waals surface area contributed by atoms with E-state index in [2.05, 4.69) is 193 Å². The zero-order chi connectivity index (χ0) is 38.9. The largest absolute Gasteiger partial charge is 0.309 e. The summed E-state index contributed by atoms with van der Waals surface area (Å²) in [4.78, 5) is 15.9. The maximum absolute atomic E-state index is 5.42. The van der Waals surface area contributed by atoms with Crippen molar-refractivity contribution in [1.29, 1.82) is 0 Å². The molecule has 0 radical (unpaired) electrons. The minimum atomic E-state index is 0.627. The number of hydrogen-bond donors (Lipinski definition) is 0. The number of aromatic nitrogens is 4. The van der Waals surface area contributed by atoms with Gasteiger partial charge >= 0.3 is 0 Å². The summed E-state index contributed by atoms with van der Waals surface area (Å²) in [6.07, 6.45) is 0. The summed E-state index contributed by atoms with van der Waals surface area (Å²) < 4.78 is 2.48. The Labute approximate surface area is 340 Å². The molecule has 2 heterocycles. The number of benzene rings is 10. The second-order valence-corrected chi connectivity index (χ2v) is 15.2. The second kappa shape index (κ2) is 13.3. The van der Waals surface area contributed by atoms with Crippen LogP contribution < -0.4 is 0 Å². The summed E-state index contributed by atoms with van der Waals surface area (Å²) >= 11 is 0. The normalized spacial score (nSPS) is 11.7. The number of fused-ring (bicyclic) bond motifs is 8. The van der Waals surface area contributed by atoms with E-state index in [1.165, 1.54) is 32.3 Å². The fourth-order valence-electron chi connectivity index (χ4n) is 9.10. The second-order valence-electron chi connectivity index (χ2n) is 15.2. The monoisotopic (exact) mass is 750 g/mol. The third-order valence-corrected chi connectivity index (χ3v) is 11.8. The van der Waals surface area contributed by atoms with E-state index >= 15 is 0 Å². The molecule has 0 aliphatic carbocycles. The quantitative estimate of drug-likeness (QED) is 0.176. The van der Waals surface area contributed by atoms with Gasteiger partial charge in [0.05, 0.1) is 16.7 Å². The Balaban J connectivity index is 1.22. The van der Waals surface area contributed by atoms with Crippen LogP contribution in [-0.2, 0) is 0 Å². The van der Waals surface area contributed by atoms with Crippen LogP contribution in [0.2, 0.25) is 0 Å². The van der Waals surface area contributed by atoms with Crippen LogP contribution in [0.5, 0.6) is 0 Å². The summed E-state index contributed by atoms with van der Waals surface area (Å²) in [5.74, 6) is 1.90. The molecular formula is C55H34N4. The number of nitrogens with zero attached hydrogens (tertiary/aromatic N) is 4. The van der Waals surface area contributed by atoms with E-state index in [0.717, 1.165) is 66.1 Å². The van der Waals surface area contributed by atoms with Crippen LogP contribution in [0, 0.1) is 0 Å². The van der Waals surface area contributed by atoms with E-state index in [-0.39, 0.29) is 0 Å². The maximum Gasteiger partial charge on any atom is 0.165 e. The molecule has 12 aromatic rings. The highest BCUT2D eigenvalue weighted by Gasteiger charge is 2.24. The summed E-state index contributed by atoms with van der Waals surface area (Å²) in [7, 11) is 0. The molecule has 274 valence electrons. The van der Waals surface area contributed by atoms with Gasteiger partial charge in [0.1, 0.15) is 0 Å². The third kappa shape index (κ3) is 5.34. The summed E-state index contributed by atoms with van der Waals surface area (Å²) in [6.45, 7) is 0. The summed E-state index contributed by atoms with van der Waals surface area (Å²) in [5.41, 5.74) is 8.42. The molecule has 0 saturated carbocycles. The first kappa shape index (κ1) is 33.2. The van der Waals surface area contributed by atoms with Crippen LogP contribution in [0.4, 0.5) is 0 Å². The van der Waals surface area contributed by atoms with E-state index in [1.807, 2.05) is 18.2 Å². The lowest BCUT2D eigenvalue weighted by molar-refractivity contribution is 1.08. The van der Waals surface area contributed by atoms with Gasteiger partial charge in [0, 0.05) is 32.8 Å². The van der Waals surface area contributed by atoms with Crippen LogP contribution in [0.25, 0.3) is 116 Å². The Bertz CT molecular complexity index is 3600. The van der Waals surface area contributed by atoms with Gasteiger partial charge in [-0.15, -0.1) is 0 Å². The molecule has 4 heteroatoms. The van der Waals surface area contributed by atoms with E-state index in [0.29, 0.717) is 17.5 Å².